The number of ether oxygens (including phenoxy) is 1. The summed E-state index contributed by atoms with van der Waals surface area (Å²) in [6.45, 7) is 5.32. The van der Waals surface area contributed by atoms with Crippen LogP contribution >= 0.6 is 11.8 Å². The molecule has 1 aliphatic heterocycles. The zero-order valence-electron chi connectivity index (χ0n) is 14.9. The van der Waals surface area contributed by atoms with Crippen LogP contribution in [0, 0.1) is 6.92 Å². The summed E-state index contributed by atoms with van der Waals surface area (Å²) in [5.74, 6) is 0.813. The van der Waals surface area contributed by atoms with Crippen molar-refractivity contribution in [1.82, 2.24) is 20.1 Å². The van der Waals surface area contributed by atoms with E-state index in [1.807, 2.05) is 36.7 Å². The summed E-state index contributed by atoms with van der Waals surface area (Å²) in [5, 5.41) is 12.0. The second-order valence-corrected chi connectivity index (χ2v) is 7.63. The van der Waals surface area contributed by atoms with Crippen LogP contribution in [0.1, 0.15) is 25.3 Å². The minimum atomic E-state index is -0.242. The number of aromatic nitrogens is 3. The number of nitrogens with zero attached hydrogens (tertiary/aromatic N) is 3. The molecule has 0 spiro atoms. The Morgan fingerprint density at radius 3 is 2.96 bits per heavy atom. The Kier molecular flexibility index (Phi) is 5.75. The van der Waals surface area contributed by atoms with Crippen molar-refractivity contribution in [2.75, 3.05) is 13.2 Å². The Morgan fingerprint density at radius 2 is 2.24 bits per heavy atom. The van der Waals surface area contributed by atoms with E-state index < -0.39 is 0 Å². The molecule has 1 amide bonds. The van der Waals surface area contributed by atoms with Gasteiger partial charge < -0.3 is 14.6 Å². The lowest BCUT2D eigenvalue weighted by atomic mass is 10.1. The van der Waals surface area contributed by atoms with Crippen molar-refractivity contribution in [1.29, 1.82) is 0 Å². The number of thioether (sulfide) groups is 1. The number of benzene rings is 1. The largest absolute Gasteiger partial charge is 0.376 e. The molecule has 25 heavy (non-hydrogen) atoms. The van der Waals surface area contributed by atoms with E-state index in [2.05, 4.69) is 28.5 Å². The molecule has 1 aromatic carbocycles. The maximum absolute atomic E-state index is 12.3. The predicted molar refractivity (Wildman–Crippen MR) is 98.5 cm³/mol. The normalized spacial score (nSPS) is 18.3. The van der Waals surface area contributed by atoms with E-state index in [-0.39, 0.29) is 17.3 Å². The van der Waals surface area contributed by atoms with Gasteiger partial charge in [0, 0.05) is 25.8 Å². The molecule has 1 aromatic heterocycles. The lowest BCUT2D eigenvalue weighted by molar-refractivity contribution is -0.120. The van der Waals surface area contributed by atoms with Gasteiger partial charge in [-0.2, -0.15) is 0 Å². The lowest BCUT2D eigenvalue weighted by Gasteiger charge is -2.14. The smallest absolute Gasteiger partial charge is 0.233 e. The van der Waals surface area contributed by atoms with Gasteiger partial charge in [0.25, 0.3) is 0 Å². The maximum Gasteiger partial charge on any atom is 0.233 e. The number of carbonyl (C=O) groups is 1. The SMILES string of the molecule is Cc1ccccc1-c1nnc(S[C@@H](C)C(=O)NC[C@H]2CCCO2)n1C. The summed E-state index contributed by atoms with van der Waals surface area (Å²) in [5.41, 5.74) is 2.21. The van der Waals surface area contributed by atoms with Crippen molar-refractivity contribution in [2.24, 2.45) is 7.05 Å². The van der Waals surface area contributed by atoms with Crippen LogP contribution in [0.25, 0.3) is 11.4 Å². The lowest BCUT2D eigenvalue weighted by Crippen LogP contribution is -2.36. The molecule has 1 aliphatic rings. The molecule has 2 aromatic rings. The highest BCUT2D eigenvalue weighted by molar-refractivity contribution is 8.00. The van der Waals surface area contributed by atoms with E-state index in [1.165, 1.54) is 11.8 Å². The Morgan fingerprint density at radius 1 is 1.44 bits per heavy atom. The minimum Gasteiger partial charge on any atom is -0.376 e. The van der Waals surface area contributed by atoms with E-state index in [9.17, 15) is 4.79 Å². The molecule has 134 valence electrons. The van der Waals surface area contributed by atoms with Crippen LogP contribution in [0.4, 0.5) is 0 Å². The van der Waals surface area contributed by atoms with Crippen molar-refractivity contribution in [3.8, 4) is 11.4 Å². The summed E-state index contributed by atoms with van der Waals surface area (Å²) < 4.78 is 7.48. The molecule has 0 unspecified atom stereocenters. The molecular formula is C18H24N4O2S. The molecular weight excluding hydrogens is 336 g/mol. The monoisotopic (exact) mass is 360 g/mol. The summed E-state index contributed by atoms with van der Waals surface area (Å²) in [4.78, 5) is 12.3. The summed E-state index contributed by atoms with van der Waals surface area (Å²) in [6, 6.07) is 8.08. The number of amides is 1. The highest BCUT2D eigenvalue weighted by atomic mass is 32.2. The number of hydrogen-bond acceptors (Lipinski definition) is 5. The number of nitrogens with one attached hydrogen (secondary N) is 1. The first-order valence-corrected chi connectivity index (χ1v) is 9.45. The summed E-state index contributed by atoms with van der Waals surface area (Å²) >= 11 is 1.42. The van der Waals surface area contributed by atoms with Gasteiger partial charge in [0.1, 0.15) is 0 Å². The van der Waals surface area contributed by atoms with Gasteiger partial charge in [-0.3, -0.25) is 4.79 Å². The summed E-state index contributed by atoms with van der Waals surface area (Å²) in [6.07, 6.45) is 2.25. The fraction of sp³-hybridized carbons (Fsp3) is 0.500. The first-order chi connectivity index (χ1) is 12.1. The zero-order chi connectivity index (χ0) is 17.8. The van der Waals surface area contributed by atoms with Gasteiger partial charge in [-0.25, -0.2) is 0 Å². The van der Waals surface area contributed by atoms with Crippen LogP contribution in [-0.2, 0) is 16.6 Å². The average Bonchev–Trinajstić information content (AvgIpc) is 3.24. The molecule has 6 nitrogen and oxygen atoms in total. The van der Waals surface area contributed by atoms with E-state index in [4.69, 9.17) is 4.74 Å². The average molecular weight is 360 g/mol. The van der Waals surface area contributed by atoms with Crippen LogP contribution in [0.15, 0.2) is 29.4 Å². The van der Waals surface area contributed by atoms with Crippen molar-refractivity contribution in [3.63, 3.8) is 0 Å². The summed E-state index contributed by atoms with van der Waals surface area (Å²) in [7, 11) is 1.93. The van der Waals surface area contributed by atoms with E-state index >= 15 is 0 Å². The van der Waals surface area contributed by atoms with Gasteiger partial charge in [-0.05, 0) is 32.3 Å². The maximum atomic E-state index is 12.3. The first-order valence-electron chi connectivity index (χ1n) is 8.57. The molecule has 7 heteroatoms. The molecule has 1 fully saturated rings. The van der Waals surface area contributed by atoms with Gasteiger partial charge in [0.2, 0.25) is 5.91 Å². The van der Waals surface area contributed by atoms with Crippen LogP contribution < -0.4 is 5.32 Å². The molecule has 0 aliphatic carbocycles. The Bertz CT molecular complexity index is 740. The van der Waals surface area contributed by atoms with Gasteiger partial charge in [-0.15, -0.1) is 10.2 Å². The fourth-order valence-corrected chi connectivity index (χ4v) is 3.69. The molecule has 0 radical (unpaired) electrons. The van der Waals surface area contributed by atoms with Gasteiger partial charge in [0.15, 0.2) is 11.0 Å². The van der Waals surface area contributed by atoms with Crippen LogP contribution in [0.3, 0.4) is 0 Å². The molecule has 1 saturated heterocycles. The topological polar surface area (TPSA) is 69.0 Å². The van der Waals surface area contributed by atoms with Gasteiger partial charge >= 0.3 is 0 Å². The third-order valence-corrected chi connectivity index (χ3v) is 5.53. The van der Waals surface area contributed by atoms with Gasteiger partial charge in [0.05, 0.1) is 11.4 Å². The number of hydrogen-bond donors (Lipinski definition) is 1. The molecule has 2 atom stereocenters. The van der Waals surface area contributed by atoms with Crippen LogP contribution in [-0.4, -0.2) is 45.2 Å². The minimum absolute atomic E-state index is 0.000872. The van der Waals surface area contributed by atoms with Crippen LogP contribution in [0.2, 0.25) is 0 Å². The highest BCUT2D eigenvalue weighted by Gasteiger charge is 2.22. The molecule has 0 saturated carbocycles. The second-order valence-electron chi connectivity index (χ2n) is 6.32. The third-order valence-electron chi connectivity index (χ3n) is 4.40. The molecule has 1 N–H and O–H groups in total. The Labute approximate surface area is 152 Å². The van der Waals surface area contributed by atoms with Crippen LogP contribution in [0.5, 0.6) is 0 Å². The second kappa shape index (κ2) is 8.01. The molecule has 0 bridgehead atoms. The Hall–Kier alpha value is -1.86. The number of carbonyl (C=O) groups excluding carboxylic acids is 1. The standard InChI is InChI=1S/C18H24N4O2S/c1-12-7-4-5-9-15(12)16-20-21-18(22(16)3)25-13(2)17(23)19-11-14-8-6-10-24-14/h4-5,7,9,13-14H,6,8,10-11H2,1-3H3,(H,19,23)/t13-,14+/m0/s1. The fourth-order valence-electron chi connectivity index (χ4n) is 2.85. The number of aryl methyl sites for hydroxylation is 1. The van der Waals surface area contributed by atoms with E-state index in [0.717, 1.165) is 41.6 Å². The van der Waals surface area contributed by atoms with Crippen molar-refractivity contribution < 1.29 is 9.53 Å². The van der Waals surface area contributed by atoms with E-state index in [1.54, 1.807) is 0 Å². The van der Waals surface area contributed by atoms with Crippen molar-refractivity contribution in [3.05, 3.63) is 29.8 Å². The molecule has 3 rings (SSSR count). The third kappa shape index (κ3) is 4.22. The van der Waals surface area contributed by atoms with Crippen molar-refractivity contribution >= 4 is 17.7 Å². The highest BCUT2D eigenvalue weighted by Crippen LogP contribution is 2.27. The molecule has 2 heterocycles. The first kappa shape index (κ1) is 17.9. The van der Waals surface area contributed by atoms with E-state index in [0.29, 0.717) is 6.54 Å². The van der Waals surface area contributed by atoms with Gasteiger partial charge in [-0.1, -0.05) is 36.0 Å². The predicted octanol–water partition coefficient (Wildman–Crippen LogP) is 2.57. The number of rotatable bonds is 6. The quantitative estimate of drug-likeness (QED) is 0.802. The zero-order valence-corrected chi connectivity index (χ0v) is 15.7. The Balaban J connectivity index is 1.62. The van der Waals surface area contributed by atoms with Crippen molar-refractivity contribution in [2.45, 2.75) is 43.2 Å².